The molecule has 106 valence electrons. The first-order valence-electron chi connectivity index (χ1n) is 6.58. The van der Waals surface area contributed by atoms with Gasteiger partial charge in [-0.05, 0) is 19.9 Å². The van der Waals surface area contributed by atoms with Crippen molar-refractivity contribution in [3.63, 3.8) is 0 Å². The predicted octanol–water partition coefficient (Wildman–Crippen LogP) is 0.320. The molecule has 19 heavy (non-hydrogen) atoms. The lowest BCUT2D eigenvalue weighted by Crippen LogP contribution is -2.36. The van der Waals surface area contributed by atoms with Crippen molar-refractivity contribution >= 4 is 5.97 Å². The minimum atomic E-state index is -0.469. The second kappa shape index (κ2) is 5.71. The third kappa shape index (κ3) is 2.96. The van der Waals surface area contributed by atoms with E-state index in [0.29, 0.717) is 19.5 Å². The molecule has 1 fully saturated rings. The summed E-state index contributed by atoms with van der Waals surface area (Å²) in [6.07, 6.45) is -0.0328. The summed E-state index contributed by atoms with van der Waals surface area (Å²) < 4.78 is 6.72. The highest BCUT2D eigenvalue weighted by molar-refractivity contribution is 5.76. The molecule has 0 amide bonds. The number of methoxy groups -OCH3 is 1. The Labute approximate surface area is 113 Å². The highest BCUT2D eigenvalue weighted by atomic mass is 16.5. The fraction of sp³-hybridized carbons (Fsp3) is 0.692. The molecule has 1 saturated heterocycles. The van der Waals surface area contributed by atoms with Crippen LogP contribution in [0.4, 0.5) is 0 Å². The number of aryl methyl sites for hydroxylation is 2. The Morgan fingerprint density at radius 3 is 3.00 bits per heavy atom. The van der Waals surface area contributed by atoms with Crippen molar-refractivity contribution in [2.75, 3.05) is 13.7 Å². The topological polar surface area (TPSA) is 67.6 Å². The molecule has 1 aromatic heterocycles. The fourth-order valence-corrected chi connectivity index (χ4v) is 2.64. The van der Waals surface area contributed by atoms with Crippen LogP contribution in [0.5, 0.6) is 0 Å². The fourth-order valence-electron chi connectivity index (χ4n) is 2.64. The Hall–Kier alpha value is -1.40. The molecule has 0 bridgehead atoms. The second-order valence-corrected chi connectivity index (χ2v) is 4.95. The van der Waals surface area contributed by atoms with Gasteiger partial charge < -0.3 is 9.84 Å². The molecule has 0 saturated carbocycles. The summed E-state index contributed by atoms with van der Waals surface area (Å²) in [6.45, 7) is 5.88. The first-order valence-corrected chi connectivity index (χ1v) is 6.58. The van der Waals surface area contributed by atoms with Crippen LogP contribution in [0, 0.1) is 6.92 Å². The molecule has 1 aromatic rings. The monoisotopic (exact) mass is 267 g/mol. The van der Waals surface area contributed by atoms with Crippen LogP contribution >= 0.6 is 0 Å². The van der Waals surface area contributed by atoms with Crippen LogP contribution in [0.1, 0.15) is 24.7 Å². The summed E-state index contributed by atoms with van der Waals surface area (Å²) in [7, 11) is 1.38. The lowest BCUT2D eigenvalue weighted by Gasteiger charge is -2.22. The van der Waals surface area contributed by atoms with Crippen LogP contribution in [-0.4, -0.2) is 51.6 Å². The zero-order valence-corrected chi connectivity index (χ0v) is 11.7. The third-order valence-corrected chi connectivity index (χ3v) is 3.50. The van der Waals surface area contributed by atoms with Gasteiger partial charge >= 0.3 is 5.97 Å². The molecule has 1 aliphatic rings. The number of aliphatic hydroxyl groups is 1. The number of hydrogen-bond acceptors (Lipinski definition) is 5. The number of carbonyl (C=O) groups is 1. The van der Waals surface area contributed by atoms with Gasteiger partial charge in [0.05, 0.1) is 24.6 Å². The second-order valence-electron chi connectivity index (χ2n) is 4.95. The van der Waals surface area contributed by atoms with Gasteiger partial charge in [-0.15, -0.1) is 0 Å². The summed E-state index contributed by atoms with van der Waals surface area (Å²) in [5.41, 5.74) is 2.02. The van der Waals surface area contributed by atoms with Crippen LogP contribution in [0.25, 0.3) is 0 Å². The quantitative estimate of drug-likeness (QED) is 0.796. The molecule has 2 heterocycles. The maximum Gasteiger partial charge on any atom is 0.323 e. The third-order valence-electron chi connectivity index (χ3n) is 3.50. The number of likely N-dealkylation sites (tertiary alicyclic amines) is 1. The van der Waals surface area contributed by atoms with Crippen LogP contribution in [0.2, 0.25) is 0 Å². The van der Waals surface area contributed by atoms with Crippen molar-refractivity contribution in [2.45, 2.75) is 45.5 Å². The van der Waals surface area contributed by atoms with Gasteiger partial charge in [-0.1, -0.05) is 0 Å². The van der Waals surface area contributed by atoms with E-state index in [0.717, 1.165) is 17.9 Å². The first-order chi connectivity index (χ1) is 9.05. The van der Waals surface area contributed by atoms with E-state index in [1.54, 1.807) is 0 Å². The van der Waals surface area contributed by atoms with E-state index in [9.17, 15) is 9.90 Å². The van der Waals surface area contributed by atoms with E-state index in [2.05, 4.69) is 5.10 Å². The average molecular weight is 267 g/mol. The van der Waals surface area contributed by atoms with Gasteiger partial charge in [0.1, 0.15) is 6.04 Å². The van der Waals surface area contributed by atoms with E-state index in [1.165, 1.54) is 7.11 Å². The van der Waals surface area contributed by atoms with E-state index >= 15 is 0 Å². The zero-order chi connectivity index (χ0) is 14.0. The predicted molar refractivity (Wildman–Crippen MR) is 69.5 cm³/mol. The first kappa shape index (κ1) is 14.0. The Balaban J connectivity index is 2.14. The van der Waals surface area contributed by atoms with Crippen LogP contribution in [0.3, 0.4) is 0 Å². The van der Waals surface area contributed by atoms with Crippen LogP contribution < -0.4 is 0 Å². The maximum atomic E-state index is 11.7. The molecule has 0 radical (unpaired) electrons. The summed E-state index contributed by atoms with van der Waals surface area (Å²) in [6, 6.07) is 1.66. The van der Waals surface area contributed by atoms with Crippen LogP contribution in [-0.2, 0) is 22.6 Å². The normalized spacial score (nSPS) is 23.8. The van der Waals surface area contributed by atoms with Crippen molar-refractivity contribution in [1.29, 1.82) is 0 Å². The number of esters is 1. The lowest BCUT2D eigenvalue weighted by atomic mass is 10.2. The number of carbonyl (C=O) groups excluding carboxylic acids is 1. The van der Waals surface area contributed by atoms with Crippen molar-refractivity contribution in [1.82, 2.24) is 14.7 Å². The maximum absolute atomic E-state index is 11.7. The molecule has 1 aliphatic heterocycles. The molecule has 0 aromatic carbocycles. The Bertz CT molecular complexity index is 458. The van der Waals surface area contributed by atoms with Gasteiger partial charge in [0, 0.05) is 26.1 Å². The molecule has 0 aliphatic carbocycles. The molecule has 2 rings (SSSR count). The van der Waals surface area contributed by atoms with Gasteiger partial charge in [0.2, 0.25) is 0 Å². The molecular formula is C13H21N3O3. The highest BCUT2D eigenvalue weighted by Crippen LogP contribution is 2.22. The summed E-state index contributed by atoms with van der Waals surface area (Å²) in [5, 5.41) is 14.1. The Morgan fingerprint density at radius 2 is 2.37 bits per heavy atom. The van der Waals surface area contributed by atoms with Crippen molar-refractivity contribution in [2.24, 2.45) is 0 Å². The molecule has 6 heteroatoms. The van der Waals surface area contributed by atoms with Gasteiger partial charge in [-0.25, -0.2) is 0 Å². The van der Waals surface area contributed by atoms with Crippen LogP contribution in [0.15, 0.2) is 6.07 Å². The van der Waals surface area contributed by atoms with Gasteiger partial charge in [-0.3, -0.25) is 14.4 Å². The number of nitrogens with zero attached hydrogens (tertiary/aromatic N) is 3. The lowest BCUT2D eigenvalue weighted by molar-refractivity contribution is -0.146. The number of β-amino-alcohol motifs (C(OH)–C–C–N with tert-alkyl or cyclic N) is 1. The van der Waals surface area contributed by atoms with Gasteiger partial charge in [0.15, 0.2) is 0 Å². The number of aromatic nitrogens is 2. The highest BCUT2D eigenvalue weighted by Gasteiger charge is 2.37. The van der Waals surface area contributed by atoms with E-state index in [-0.39, 0.29) is 12.0 Å². The summed E-state index contributed by atoms with van der Waals surface area (Å²) in [5.74, 6) is -0.282. The van der Waals surface area contributed by atoms with E-state index in [4.69, 9.17) is 4.74 Å². The molecule has 2 unspecified atom stereocenters. The van der Waals surface area contributed by atoms with Crippen molar-refractivity contribution < 1.29 is 14.6 Å². The number of hydrogen-bond donors (Lipinski definition) is 1. The van der Waals surface area contributed by atoms with Crippen molar-refractivity contribution in [3.8, 4) is 0 Å². The zero-order valence-electron chi connectivity index (χ0n) is 11.7. The average Bonchev–Trinajstić information content (AvgIpc) is 2.91. The molecule has 0 spiro atoms. The molecule has 1 N–H and O–H groups in total. The summed E-state index contributed by atoms with van der Waals surface area (Å²) in [4.78, 5) is 13.7. The molecular weight excluding hydrogens is 246 g/mol. The van der Waals surface area contributed by atoms with Crippen molar-refractivity contribution in [3.05, 3.63) is 17.5 Å². The summed E-state index contributed by atoms with van der Waals surface area (Å²) >= 11 is 0. The standard InChI is InChI=1S/C13H21N3O3/c1-4-16-10(5-9(2)14-16)7-15-8-11(17)6-12(15)13(18)19-3/h5,11-12,17H,4,6-8H2,1-3H3. The SMILES string of the molecule is CCn1nc(C)cc1CN1CC(O)CC1C(=O)OC. The number of ether oxygens (including phenoxy) is 1. The number of rotatable bonds is 4. The molecule has 6 nitrogen and oxygen atoms in total. The van der Waals surface area contributed by atoms with E-state index in [1.807, 2.05) is 29.5 Å². The minimum Gasteiger partial charge on any atom is -0.468 e. The van der Waals surface area contributed by atoms with Gasteiger partial charge in [0.25, 0.3) is 0 Å². The van der Waals surface area contributed by atoms with Gasteiger partial charge in [-0.2, -0.15) is 5.10 Å². The Kier molecular flexibility index (Phi) is 4.21. The minimum absolute atomic E-state index is 0.282. The number of aliphatic hydroxyl groups excluding tert-OH is 1. The Morgan fingerprint density at radius 1 is 1.63 bits per heavy atom. The smallest absolute Gasteiger partial charge is 0.323 e. The largest absolute Gasteiger partial charge is 0.468 e. The van der Waals surface area contributed by atoms with E-state index < -0.39 is 6.10 Å². The molecule has 2 atom stereocenters.